The van der Waals surface area contributed by atoms with E-state index < -0.39 is 0 Å². The van der Waals surface area contributed by atoms with Crippen LogP contribution in [-0.2, 0) is 17.7 Å². The first-order valence-corrected chi connectivity index (χ1v) is 8.21. The van der Waals surface area contributed by atoms with E-state index in [1.807, 2.05) is 6.20 Å². The van der Waals surface area contributed by atoms with E-state index in [4.69, 9.17) is 4.74 Å². The molecule has 118 valence electrons. The fourth-order valence-corrected chi connectivity index (χ4v) is 2.98. The van der Waals surface area contributed by atoms with Gasteiger partial charge in [0.15, 0.2) is 5.96 Å². The molecular formula is C14H25N5OS. The van der Waals surface area contributed by atoms with Crippen LogP contribution < -0.4 is 10.6 Å². The number of aliphatic imine (C=N–C) groups is 1. The number of ether oxygens (including phenoxy) is 1. The molecule has 6 nitrogen and oxygen atoms in total. The highest BCUT2D eigenvalue weighted by Gasteiger charge is 2.17. The van der Waals surface area contributed by atoms with Crippen LogP contribution in [0, 0.1) is 0 Å². The molecule has 1 aromatic rings. The largest absolute Gasteiger partial charge is 0.374 e. The van der Waals surface area contributed by atoms with Crippen molar-refractivity contribution in [3.63, 3.8) is 0 Å². The van der Waals surface area contributed by atoms with Gasteiger partial charge in [-0.25, -0.2) is 4.98 Å². The zero-order valence-corrected chi connectivity index (χ0v) is 13.9. The van der Waals surface area contributed by atoms with Crippen molar-refractivity contribution in [3.05, 3.63) is 16.1 Å². The lowest BCUT2D eigenvalue weighted by atomic mass is 10.3. The number of aryl methyl sites for hydroxylation is 1. The summed E-state index contributed by atoms with van der Waals surface area (Å²) in [7, 11) is 3.90. The van der Waals surface area contributed by atoms with Crippen molar-refractivity contribution in [2.45, 2.75) is 26.0 Å². The van der Waals surface area contributed by atoms with Gasteiger partial charge in [0.2, 0.25) is 0 Å². The second-order valence-electron chi connectivity index (χ2n) is 5.14. The number of likely N-dealkylation sites (N-methyl/N-ethyl adjacent to an activating group) is 1. The van der Waals surface area contributed by atoms with E-state index in [1.165, 1.54) is 4.88 Å². The van der Waals surface area contributed by atoms with Gasteiger partial charge < -0.3 is 20.3 Å². The van der Waals surface area contributed by atoms with Crippen molar-refractivity contribution in [1.82, 2.24) is 20.5 Å². The number of hydrogen-bond acceptors (Lipinski definition) is 5. The molecule has 2 N–H and O–H groups in total. The van der Waals surface area contributed by atoms with Crippen molar-refractivity contribution in [2.24, 2.45) is 4.99 Å². The Morgan fingerprint density at radius 3 is 3.10 bits per heavy atom. The molecule has 0 amide bonds. The maximum atomic E-state index is 5.73. The molecule has 1 atom stereocenters. The molecular weight excluding hydrogens is 286 g/mol. The molecule has 0 aliphatic carbocycles. The predicted octanol–water partition coefficient (Wildman–Crippen LogP) is 0.701. The molecule has 0 radical (unpaired) electrons. The Kier molecular flexibility index (Phi) is 6.41. The van der Waals surface area contributed by atoms with Crippen molar-refractivity contribution in [2.75, 3.05) is 40.3 Å². The van der Waals surface area contributed by atoms with Crippen molar-refractivity contribution in [1.29, 1.82) is 0 Å². The molecule has 1 saturated heterocycles. The van der Waals surface area contributed by atoms with Gasteiger partial charge in [0.25, 0.3) is 0 Å². The van der Waals surface area contributed by atoms with Crippen LogP contribution >= 0.6 is 11.3 Å². The normalized spacial score (nSPS) is 20.5. The predicted molar refractivity (Wildman–Crippen MR) is 86.9 cm³/mol. The monoisotopic (exact) mass is 311 g/mol. The number of aromatic nitrogens is 1. The molecule has 7 heteroatoms. The van der Waals surface area contributed by atoms with E-state index in [1.54, 1.807) is 18.4 Å². The molecule has 0 aromatic carbocycles. The van der Waals surface area contributed by atoms with Gasteiger partial charge in [0.1, 0.15) is 5.01 Å². The number of hydrogen-bond donors (Lipinski definition) is 2. The SMILES string of the molecule is CCc1cnc(CNC(=NC)NCC2CN(C)CCO2)s1. The summed E-state index contributed by atoms with van der Waals surface area (Å²) in [6.07, 6.45) is 3.20. The smallest absolute Gasteiger partial charge is 0.191 e. The molecule has 1 aromatic heterocycles. The van der Waals surface area contributed by atoms with Crippen molar-refractivity contribution < 1.29 is 4.74 Å². The fourth-order valence-electron chi connectivity index (χ4n) is 2.17. The summed E-state index contributed by atoms with van der Waals surface area (Å²) in [4.78, 5) is 12.2. The second-order valence-corrected chi connectivity index (χ2v) is 6.34. The van der Waals surface area contributed by atoms with Crippen LogP contribution in [0.25, 0.3) is 0 Å². The Balaban J connectivity index is 1.73. The third-order valence-corrected chi connectivity index (χ3v) is 4.56. The second kappa shape index (κ2) is 8.31. The lowest BCUT2D eigenvalue weighted by Crippen LogP contribution is -2.48. The van der Waals surface area contributed by atoms with Gasteiger partial charge in [-0.1, -0.05) is 6.92 Å². The highest BCUT2D eigenvalue weighted by molar-refractivity contribution is 7.11. The summed E-state index contributed by atoms with van der Waals surface area (Å²) in [5.41, 5.74) is 0. The molecule has 1 fully saturated rings. The topological polar surface area (TPSA) is 61.8 Å². The molecule has 2 rings (SSSR count). The summed E-state index contributed by atoms with van der Waals surface area (Å²) in [5.74, 6) is 0.792. The standard InChI is InChI=1S/C14H25N5OS/c1-4-12-8-16-13(21-12)9-18-14(15-2)17-7-11-10-19(3)5-6-20-11/h8,11H,4-7,9-10H2,1-3H3,(H2,15,17,18). The quantitative estimate of drug-likeness (QED) is 0.619. The van der Waals surface area contributed by atoms with E-state index in [2.05, 4.69) is 39.5 Å². The minimum Gasteiger partial charge on any atom is -0.374 e. The zero-order valence-electron chi connectivity index (χ0n) is 13.1. The minimum atomic E-state index is 0.217. The minimum absolute atomic E-state index is 0.217. The first-order valence-electron chi connectivity index (χ1n) is 7.39. The van der Waals surface area contributed by atoms with E-state index in [-0.39, 0.29) is 6.10 Å². The Labute approximate surface area is 130 Å². The van der Waals surface area contributed by atoms with Gasteiger partial charge in [-0.2, -0.15) is 0 Å². The lowest BCUT2D eigenvalue weighted by molar-refractivity contribution is -0.0161. The average Bonchev–Trinajstić information content (AvgIpc) is 2.95. The Bertz CT molecular complexity index is 462. The lowest BCUT2D eigenvalue weighted by Gasteiger charge is -2.30. The molecule has 1 unspecified atom stereocenters. The first kappa shape index (κ1) is 16.2. The van der Waals surface area contributed by atoms with Crippen LogP contribution in [-0.4, -0.2) is 62.3 Å². The Morgan fingerprint density at radius 1 is 1.57 bits per heavy atom. The highest BCUT2D eigenvalue weighted by atomic mass is 32.1. The fraction of sp³-hybridized carbons (Fsp3) is 0.714. The van der Waals surface area contributed by atoms with Crippen LogP contribution in [0.4, 0.5) is 0 Å². The molecule has 0 spiro atoms. The summed E-state index contributed by atoms with van der Waals surface area (Å²) >= 11 is 1.74. The molecule has 2 heterocycles. The van der Waals surface area contributed by atoms with Crippen LogP contribution in [0.1, 0.15) is 16.8 Å². The van der Waals surface area contributed by atoms with Gasteiger partial charge in [0.05, 0.1) is 19.3 Å². The number of guanidine groups is 1. The summed E-state index contributed by atoms with van der Waals surface area (Å²) in [6, 6.07) is 0. The summed E-state index contributed by atoms with van der Waals surface area (Å²) in [6.45, 7) is 6.38. The third kappa shape index (κ3) is 5.26. The molecule has 0 bridgehead atoms. The molecule has 0 saturated carbocycles. The van der Waals surface area contributed by atoms with Gasteiger partial charge in [-0.3, -0.25) is 4.99 Å². The number of nitrogens with zero attached hydrogens (tertiary/aromatic N) is 3. The van der Waals surface area contributed by atoms with Gasteiger partial charge in [-0.05, 0) is 13.5 Å². The average molecular weight is 311 g/mol. The van der Waals surface area contributed by atoms with Gasteiger partial charge in [-0.15, -0.1) is 11.3 Å². The van der Waals surface area contributed by atoms with Crippen LogP contribution in [0.3, 0.4) is 0 Å². The third-order valence-electron chi connectivity index (χ3n) is 3.42. The maximum Gasteiger partial charge on any atom is 0.191 e. The number of nitrogens with one attached hydrogen (secondary N) is 2. The van der Waals surface area contributed by atoms with Gasteiger partial charge >= 0.3 is 0 Å². The Hall–Kier alpha value is -1.18. The van der Waals surface area contributed by atoms with Crippen LogP contribution in [0.2, 0.25) is 0 Å². The van der Waals surface area contributed by atoms with E-state index in [9.17, 15) is 0 Å². The first-order chi connectivity index (χ1) is 10.2. The number of morpholine rings is 1. The summed E-state index contributed by atoms with van der Waals surface area (Å²) < 4.78 is 5.73. The molecule has 1 aliphatic heterocycles. The van der Waals surface area contributed by atoms with Crippen molar-refractivity contribution >= 4 is 17.3 Å². The highest BCUT2D eigenvalue weighted by Crippen LogP contribution is 2.12. The van der Waals surface area contributed by atoms with E-state index in [0.717, 1.165) is 43.6 Å². The van der Waals surface area contributed by atoms with Crippen LogP contribution in [0.15, 0.2) is 11.2 Å². The van der Waals surface area contributed by atoms with E-state index >= 15 is 0 Å². The number of rotatable bonds is 5. The van der Waals surface area contributed by atoms with Gasteiger partial charge in [0, 0.05) is 37.8 Å². The van der Waals surface area contributed by atoms with Crippen LogP contribution in [0.5, 0.6) is 0 Å². The maximum absolute atomic E-state index is 5.73. The summed E-state index contributed by atoms with van der Waals surface area (Å²) in [5, 5.41) is 7.69. The number of thiazole rings is 1. The van der Waals surface area contributed by atoms with Crippen molar-refractivity contribution in [3.8, 4) is 0 Å². The Morgan fingerprint density at radius 2 is 2.43 bits per heavy atom. The zero-order chi connectivity index (χ0) is 15.1. The molecule has 1 aliphatic rings. The molecule has 21 heavy (non-hydrogen) atoms. The van der Waals surface area contributed by atoms with E-state index in [0.29, 0.717) is 6.54 Å².